The Balaban J connectivity index is 1.18. The van der Waals surface area contributed by atoms with Crippen LogP contribution in [0.25, 0.3) is 0 Å². The molecule has 284 valence electrons. The summed E-state index contributed by atoms with van der Waals surface area (Å²) in [7, 11) is 0. The number of aliphatic hydroxyl groups excluding tert-OH is 3. The summed E-state index contributed by atoms with van der Waals surface area (Å²) >= 11 is 7.23. The largest absolute Gasteiger partial charge is 0.494 e. The molecule has 17 heteroatoms. The number of nitrogens with zero attached hydrogens (tertiary/aromatic N) is 4. The Morgan fingerprint density at radius 1 is 0.981 bits per heavy atom. The molecule has 1 unspecified atom stereocenters. The fourth-order valence-corrected chi connectivity index (χ4v) is 6.71. The van der Waals surface area contributed by atoms with Gasteiger partial charge in [-0.1, -0.05) is 41.9 Å². The van der Waals surface area contributed by atoms with Crippen LogP contribution in [0.1, 0.15) is 48.2 Å². The summed E-state index contributed by atoms with van der Waals surface area (Å²) < 4.78 is 11.9. The summed E-state index contributed by atoms with van der Waals surface area (Å²) in [5, 5.41) is 42.3. The number of halogens is 1. The van der Waals surface area contributed by atoms with Crippen LogP contribution in [0.5, 0.6) is 11.5 Å². The molecule has 1 fully saturated rings. The van der Waals surface area contributed by atoms with Crippen LogP contribution in [0.4, 0.5) is 11.6 Å². The lowest BCUT2D eigenvalue weighted by Crippen LogP contribution is -2.39. The third-order valence-electron chi connectivity index (χ3n) is 8.23. The van der Waals surface area contributed by atoms with Gasteiger partial charge >= 0.3 is 0 Å². The number of amides is 1. The van der Waals surface area contributed by atoms with Crippen molar-refractivity contribution < 1.29 is 34.7 Å². The number of carbonyl (C=O) groups excluding carboxylic acids is 1. The molecule has 1 aliphatic heterocycles. The molecule has 0 radical (unpaired) electrons. The van der Waals surface area contributed by atoms with Gasteiger partial charge in [-0.2, -0.15) is 0 Å². The normalized spacial score (nSPS) is 18.2. The lowest BCUT2D eigenvalue weighted by Gasteiger charge is -2.25. The van der Waals surface area contributed by atoms with Crippen molar-refractivity contribution in [2.24, 2.45) is 10.7 Å². The van der Waals surface area contributed by atoms with E-state index < -0.39 is 29.7 Å². The van der Waals surface area contributed by atoms with Crippen LogP contribution in [0.15, 0.2) is 59.6 Å². The van der Waals surface area contributed by atoms with Crippen molar-refractivity contribution in [1.82, 2.24) is 20.2 Å². The number of thioether (sulfide) groups is 1. The minimum atomic E-state index is -1.01. The van der Waals surface area contributed by atoms with Crippen LogP contribution in [0.3, 0.4) is 0 Å². The van der Waals surface area contributed by atoms with Gasteiger partial charge in [0.15, 0.2) is 28.4 Å². The predicted molar refractivity (Wildman–Crippen MR) is 202 cm³/mol. The standard InChI is InChI=1S/C35H49ClN8O7S/c36-30-32(38)42-31(37)29(41-30)33(48)43-34(39)40-14-5-4-7-23-10-12-27(13-11-23)51-18-16-44(15-6-17-50-26-8-2-1-3-9-26)22-35(49)28(52-35)20-24(46)19-25(47)21-45/h1-3,8-13,24-25,28,45-47,49H,4-7,14-22H2,(H4,37,38,42)(H3,39,40,43,48)/t24-,25+,28?,35+/m1/s1. The quantitative estimate of drug-likeness (QED) is 0.0315. The number of nitrogens with one attached hydrogen (secondary N) is 1. The van der Waals surface area contributed by atoms with E-state index in [0.29, 0.717) is 45.8 Å². The zero-order valence-electron chi connectivity index (χ0n) is 28.9. The van der Waals surface area contributed by atoms with Gasteiger partial charge in [0, 0.05) is 37.8 Å². The Kier molecular flexibility index (Phi) is 16.0. The molecule has 3 aromatic rings. The maximum absolute atomic E-state index is 12.4. The van der Waals surface area contributed by atoms with Crippen molar-refractivity contribution in [1.29, 1.82) is 0 Å². The summed E-state index contributed by atoms with van der Waals surface area (Å²) in [5.74, 6) is 0.540. The minimum Gasteiger partial charge on any atom is -0.494 e. The smallest absolute Gasteiger partial charge is 0.280 e. The summed E-state index contributed by atoms with van der Waals surface area (Å²) in [5.41, 5.74) is 18.0. The molecule has 0 aliphatic carbocycles. The highest BCUT2D eigenvalue weighted by molar-refractivity contribution is 8.08. The summed E-state index contributed by atoms with van der Waals surface area (Å²) in [6, 6.07) is 17.5. The maximum Gasteiger partial charge on any atom is 0.280 e. The third-order valence-corrected chi connectivity index (χ3v) is 9.94. The van der Waals surface area contributed by atoms with Crippen LogP contribution >= 0.6 is 23.4 Å². The highest BCUT2D eigenvalue weighted by Crippen LogP contribution is 2.54. The van der Waals surface area contributed by atoms with E-state index in [0.717, 1.165) is 42.7 Å². The molecule has 2 heterocycles. The molecule has 52 heavy (non-hydrogen) atoms. The van der Waals surface area contributed by atoms with E-state index in [9.17, 15) is 20.1 Å². The minimum absolute atomic E-state index is 0.0673. The molecule has 15 nitrogen and oxygen atoms in total. The van der Waals surface area contributed by atoms with Gasteiger partial charge in [0.05, 0.1) is 25.4 Å². The number of hydrogen-bond donors (Lipinski definition) is 8. The SMILES string of the molecule is NC(=NCCCCc1ccc(OCCN(CCCOc2ccccc2)C[C@]2(O)SC2C[C@H](O)C[C@H](O)CO)cc1)NC(=O)c1nc(Cl)c(N)nc1N. The lowest BCUT2D eigenvalue weighted by atomic mass is 10.0. The second-order valence-electron chi connectivity index (χ2n) is 12.5. The van der Waals surface area contributed by atoms with Crippen LogP contribution < -0.4 is 32.0 Å². The summed E-state index contributed by atoms with van der Waals surface area (Å²) in [6.45, 7) is 2.59. The van der Waals surface area contributed by atoms with Gasteiger partial charge in [0.25, 0.3) is 5.91 Å². The fourth-order valence-electron chi connectivity index (χ4n) is 5.41. The molecule has 4 rings (SSSR count). The van der Waals surface area contributed by atoms with Gasteiger partial charge in [-0.25, -0.2) is 9.97 Å². The molecule has 1 amide bonds. The number of aliphatic hydroxyl groups is 4. The molecule has 0 saturated carbocycles. The number of carbonyl (C=O) groups is 1. The fraction of sp³-hybridized carbons (Fsp3) is 0.486. The van der Waals surface area contributed by atoms with Crippen LogP contribution in [0.2, 0.25) is 5.15 Å². The third kappa shape index (κ3) is 13.6. The first-order valence-corrected chi connectivity index (χ1v) is 18.4. The second-order valence-corrected chi connectivity index (χ2v) is 14.4. The number of unbranched alkanes of at least 4 members (excludes halogenated alkanes) is 1. The number of hydrogen-bond acceptors (Lipinski definition) is 14. The number of guanidine groups is 1. The molecule has 2 aromatic carbocycles. The molecular formula is C35H49ClN8O7S. The first-order chi connectivity index (χ1) is 25.0. The van der Waals surface area contributed by atoms with E-state index in [-0.39, 0.29) is 40.1 Å². The van der Waals surface area contributed by atoms with Crippen molar-refractivity contribution in [2.45, 2.75) is 60.9 Å². The van der Waals surface area contributed by atoms with Crippen molar-refractivity contribution >= 4 is 46.9 Å². The zero-order valence-corrected chi connectivity index (χ0v) is 30.5. The molecule has 1 aromatic heterocycles. The van der Waals surface area contributed by atoms with E-state index >= 15 is 0 Å². The molecule has 0 bridgehead atoms. The molecular weight excluding hydrogens is 712 g/mol. The monoisotopic (exact) mass is 760 g/mol. The van der Waals surface area contributed by atoms with E-state index in [1.54, 1.807) is 0 Å². The van der Waals surface area contributed by atoms with Crippen LogP contribution in [0, 0.1) is 0 Å². The highest BCUT2D eigenvalue weighted by Gasteiger charge is 2.55. The molecule has 11 N–H and O–H groups in total. The topological polar surface area (TPSA) is 248 Å². The molecule has 0 spiro atoms. The Labute approximate surface area is 312 Å². The molecule has 4 atom stereocenters. The first-order valence-electron chi connectivity index (χ1n) is 17.1. The number of para-hydroxylation sites is 1. The number of benzene rings is 2. The lowest BCUT2D eigenvalue weighted by molar-refractivity contribution is 0.0321. The number of aryl methyl sites for hydroxylation is 1. The van der Waals surface area contributed by atoms with Gasteiger partial charge < -0.3 is 47.1 Å². The van der Waals surface area contributed by atoms with Gasteiger partial charge in [0.1, 0.15) is 23.0 Å². The zero-order chi connectivity index (χ0) is 37.5. The van der Waals surface area contributed by atoms with E-state index in [4.69, 9.17) is 43.4 Å². The number of rotatable bonds is 22. The highest BCUT2D eigenvalue weighted by atomic mass is 35.5. The van der Waals surface area contributed by atoms with Crippen LogP contribution in [-0.2, 0) is 6.42 Å². The van der Waals surface area contributed by atoms with Crippen molar-refractivity contribution in [2.75, 3.05) is 57.5 Å². The number of anilines is 2. The average Bonchev–Trinajstić information content (AvgIpc) is 3.75. The second kappa shape index (κ2) is 20.4. The Morgan fingerprint density at radius 2 is 1.69 bits per heavy atom. The predicted octanol–water partition coefficient (Wildman–Crippen LogP) is 1.81. The Morgan fingerprint density at radius 3 is 2.42 bits per heavy atom. The van der Waals surface area contributed by atoms with Crippen molar-refractivity contribution in [3.63, 3.8) is 0 Å². The van der Waals surface area contributed by atoms with Crippen molar-refractivity contribution in [3.8, 4) is 11.5 Å². The number of nitrogen functional groups attached to an aromatic ring is 2. The van der Waals surface area contributed by atoms with E-state index in [1.807, 2.05) is 54.6 Å². The van der Waals surface area contributed by atoms with Crippen molar-refractivity contribution in [3.05, 3.63) is 71.0 Å². The van der Waals surface area contributed by atoms with Crippen LogP contribution in [-0.4, -0.2) is 116 Å². The summed E-state index contributed by atoms with van der Waals surface area (Å²) in [6.07, 6.45) is 1.77. The van der Waals surface area contributed by atoms with Gasteiger partial charge in [-0.15, -0.1) is 11.8 Å². The van der Waals surface area contributed by atoms with E-state index in [2.05, 4.69) is 25.2 Å². The van der Waals surface area contributed by atoms with Gasteiger partial charge in [-0.05, 0) is 61.9 Å². The number of aromatic nitrogens is 2. The first kappa shape index (κ1) is 40.9. The number of aliphatic imine (C=N–C) groups is 1. The molecule has 1 aliphatic rings. The van der Waals surface area contributed by atoms with E-state index in [1.165, 1.54) is 11.8 Å². The van der Waals surface area contributed by atoms with Gasteiger partial charge in [0.2, 0.25) is 0 Å². The Hall–Kier alpha value is -3.90. The Bertz CT molecular complexity index is 1590. The average molecular weight is 761 g/mol. The summed E-state index contributed by atoms with van der Waals surface area (Å²) in [4.78, 5) is 25.3. The number of ether oxygens (including phenoxy) is 2. The maximum atomic E-state index is 12.4. The number of nitrogens with two attached hydrogens (primary N) is 3. The van der Waals surface area contributed by atoms with Gasteiger partial charge in [-0.3, -0.25) is 20.0 Å². The molecule has 1 saturated heterocycles.